The average Bonchev–Trinajstić information content (AvgIpc) is 3.00. The van der Waals surface area contributed by atoms with Crippen LogP contribution in [0.5, 0.6) is 0 Å². The van der Waals surface area contributed by atoms with E-state index in [0.29, 0.717) is 11.1 Å². The molecule has 1 aromatic carbocycles. The van der Waals surface area contributed by atoms with Crippen LogP contribution in [0, 0.1) is 23.1 Å². The molecule has 0 heterocycles. The summed E-state index contributed by atoms with van der Waals surface area (Å²) in [7, 11) is 0. The van der Waals surface area contributed by atoms with Crippen LogP contribution in [0.2, 0.25) is 5.02 Å². The van der Waals surface area contributed by atoms with E-state index in [2.05, 4.69) is 19.2 Å². The van der Waals surface area contributed by atoms with Crippen molar-refractivity contribution in [2.75, 3.05) is 6.54 Å². The molecule has 0 bridgehead atoms. The smallest absolute Gasteiger partial charge is 0.123 e. The highest BCUT2D eigenvalue weighted by atomic mass is 35.5. The lowest BCUT2D eigenvalue weighted by Gasteiger charge is -2.33. The van der Waals surface area contributed by atoms with Gasteiger partial charge < -0.3 is 5.32 Å². The molecule has 0 radical (unpaired) electrons. The lowest BCUT2D eigenvalue weighted by atomic mass is 9.77. The second-order valence-electron chi connectivity index (χ2n) is 7.11. The Bertz CT molecular complexity index is 490. The van der Waals surface area contributed by atoms with Crippen LogP contribution in [0.25, 0.3) is 0 Å². The Hall–Kier alpha value is -0.600. The van der Waals surface area contributed by atoms with E-state index in [1.54, 1.807) is 12.1 Å². The van der Waals surface area contributed by atoms with Gasteiger partial charge in [-0.05, 0) is 66.7 Å². The number of hydrogen-bond donors (Lipinski definition) is 1. The zero-order chi connectivity index (χ0) is 14.3. The summed E-state index contributed by atoms with van der Waals surface area (Å²) in [5, 5.41) is 4.29. The maximum atomic E-state index is 13.5. The Labute approximate surface area is 125 Å². The third-order valence-electron chi connectivity index (χ3n) is 4.92. The van der Waals surface area contributed by atoms with Crippen molar-refractivity contribution >= 4 is 11.6 Å². The molecule has 2 saturated carbocycles. The Morgan fingerprint density at radius 2 is 2.05 bits per heavy atom. The van der Waals surface area contributed by atoms with E-state index >= 15 is 0 Å². The van der Waals surface area contributed by atoms with Crippen molar-refractivity contribution < 1.29 is 4.39 Å². The summed E-state index contributed by atoms with van der Waals surface area (Å²) in [5.74, 6) is 1.65. The van der Waals surface area contributed by atoms with Crippen LogP contribution in [0.15, 0.2) is 18.2 Å². The predicted octanol–water partition coefficient (Wildman–Crippen LogP) is 4.44. The minimum atomic E-state index is -0.181. The molecule has 2 aliphatic carbocycles. The predicted molar refractivity (Wildman–Crippen MR) is 81.5 cm³/mol. The fraction of sp³-hybridized carbons (Fsp3) is 0.647. The van der Waals surface area contributed by atoms with Gasteiger partial charge in [-0.2, -0.15) is 0 Å². The quantitative estimate of drug-likeness (QED) is 0.847. The number of rotatable bonds is 5. The van der Waals surface area contributed by atoms with Crippen molar-refractivity contribution in [1.29, 1.82) is 0 Å². The summed E-state index contributed by atoms with van der Waals surface area (Å²) in [5.41, 5.74) is 1.24. The monoisotopic (exact) mass is 295 g/mol. The van der Waals surface area contributed by atoms with E-state index in [9.17, 15) is 4.39 Å². The molecule has 1 nitrogen and oxygen atoms in total. The average molecular weight is 296 g/mol. The first-order chi connectivity index (χ1) is 9.47. The Balaban J connectivity index is 1.77. The van der Waals surface area contributed by atoms with Gasteiger partial charge in [-0.25, -0.2) is 4.39 Å². The maximum Gasteiger partial charge on any atom is 0.123 e. The summed E-state index contributed by atoms with van der Waals surface area (Å²) in [4.78, 5) is 0. The van der Waals surface area contributed by atoms with Crippen LogP contribution in [0.3, 0.4) is 0 Å². The van der Waals surface area contributed by atoms with Gasteiger partial charge in [0.25, 0.3) is 0 Å². The Kier molecular flexibility index (Phi) is 3.81. The molecule has 20 heavy (non-hydrogen) atoms. The fourth-order valence-corrected chi connectivity index (χ4v) is 4.04. The normalized spacial score (nSPS) is 31.6. The molecule has 0 saturated heterocycles. The molecule has 1 N–H and O–H groups in total. The number of nitrogens with one attached hydrogen (secondary N) is 1. The van der Waals surface area contributed by atoms with E-state index in [-0.39, 0.29) is 11.2 Å². The van der Waals surface area contributed by atoms with Crippen LogP contribution in [0.1, 0.15) is 38.7 Å². The molecule has 2 fully saturated rings. The van der Waals surface area contributed by atoms with Crippen molar-refractivity contribution in [3.8, 4) is 0 Å². The summed E-state index contributed by atoms with van der Waals surface area (Å²) < 4.78 is 13.5. The van der Waals surface area contributed by atoms with Crippen LogP contribution in [-0.4, -0.2) is 12.6 Å². The summed E-state index contributed by atoms with van der Waals surface area (Å²) in [6.45, 7) is 5.38. The Morgan fingerprint density at radius 1 is 1.35 bits per heavy atom. The second kappa shape index (κ2) is 5.31. The highest BCUT2D eigenvalue weighted by Crippen LogP contribution is 2.60. The molecule has 0 spiro atoms. The number of halogens is 2. The highest BCUT2D eigenvalue weighted by Gasteiger charge is 2.53. The van der Waals surface area contributed by atoms with Gasteiger partial charge in [0.05, 0.1) is 0 Å². The van der Waals surface area contributed by atoms with Gasteiger partial charge in [-0.15, -0.1) is 0 Å². The molecule has 110 valence electrons. The van der Waals surface area contributed by atoms with Gasteiger partial charge in [-0.1, -0.05) is 25.4 Å². The minimum Gasteiger partial charge on any atom is -0.314 e. The summed E-state index contributed by atoms with van der Waals surface area (Å²) in [6, 6.07) is 5.23. The molecule has 0 aliphatic heterocycles. The van der Waals surface area contributed by atoms with E-state index < -0.39 is 0 Å². The third-order valence-corrected chi connectivity index (χ3v) is 5.29. The van der Waals surface area contributed by atoms with Crippen molar-refractivity contribution in [1.82, 2.24) is 5.32 Å². The van der Waals surface area contributed by atoms with Gasteiger partial charge in [0.15, 0.2) is 0 Å². The molecule has 1 aromatic rings. The fourth-order valence-electron chi connectivity index (χ4n) is 3.86. The van der Waals surface area contributed by atoms with Crippen LogP contribution in [0.4, 0.5) is 4.39 Å². The molecular weight excluding hydrogens is 273 g/mol. The molecule has 0 amide bonds. The topological polar surface area (TPSA) is 12.0 Å². The first kappa shape index (κ1) is 14.3. The van der Waals surface area contributed by atoms with Crippen molar-refractivity contribution in [3.63, 3.8) is 0 Å². The van der Waals surface area contributed by atoms with Gasteiger partial charge in [-0.3, -0.25) is 0 Å². The summed E-state index contributed by atoms with van der Waals surface area (Å²) in [6.07, 6.45) is 4.84. The van der Waals surface area contributed by atoms with E-state index in [1.807, 2.05) is 0 Å². The molecule has 3 rings (SSSR count). The molecular formula is C17H23ClFN. The number of benzene rings is 1. The third kappa shape index (κ3) is 3.01. The number of fused-ring (bicyclic) bond motifs is 1. The van der Waals surface area contributed by atoms with Crippen molar-refractivity contribution in [2.24, 2.45) is 17.3 Å². The summed E-state index contributed by atoms with van der Waals surface area (Å²) >= 11 is 6.26. The van der Waals surface area contributed by atoms with E-state index in [1.165, 1.54) is 25.3 Å². The lowest BCUT2D eigenvalue weighted by Crippen LogP contribution is -2.38. The van der Waals surface area contributed by atoms with Crippen molar-refractivity contribution in [3.05, 3.63) is 34.6 Å². The standard InChI is InChI=1S/C17H23ClFN/c1-11(2)20-10-17(7-12-5-13(12)8-17)9-14-6-15(19)3-4-16(14)18/h3-4,6,11-13,20H,5,7-10H2,1-2H3. The van der Waals surface area contributed by atoms with Gasteiger partial charge in [0.2, 0.25) is 0 Å². The van der Waals surface area contributed by atoms with Gasteiger partial charge >= 0.3 is 0 Å². The largest absolute Gasteiger partial charge is 0.314 e. The first-order valence-corrected chi connectivity index (χ1v) is 8.02. The molecule has 3 heteroatoms. The molecule has 2 atom stereocenters. The van der Waals surface area contributed by atoms with Crippen LogP contribution < -0.4 is 5.32 Å². The molecule has 2 unspecified atom stereocenters. The van der Waals surface area contributed by atoms with Gasteiger partial charge in [0, 0.05) is 17.6 Å². The van der Waals surface area contributed by atoms with Crippen molar-refractivity contribution in [2.45, 2.75) is 45.6 Å². The van der Waals surface area contributed by atoms with Crippen LogP contribution in [-0.2, 0) is 6.42 Å². The zero-order valence-electron chi connectivity index (χ0n) is 12.3. The minimum absolute atomic E-state index is 0.181. The van der Waals surface area contributed by atoms with Crippen LogP contribution >= 0.6 is 11.6 Å². The highest BCUT2D eigenvalue weighted by molar-refractivity contribution is 6.31. The second-order valence-corrected chi connectivity index (χ2v) is 7.52. The maximum absolute atomic E-state index is 13.5. The Morgan fingerprint density at radius 3 is 2.70 bits per heavy atom. The molecule has 2 aliphatic rings. The van der Waals surface area contributed by atoms with E-state index in [0.717, 1.165) is 30.4 Å². The molecule has 0 aromatic heterocycles. The zero-order valence-corrected chi connectivity index (χ0v) is 13.0. The SMILES string of the molecule is CC(C)NCC1(Cc2cc(F)ccc2Cl)CC2CC2C1. The number of hydrogen-bond acceptors (Lipinski definition) is 1. The van der Waals surface area contributed by atoms with E-state index in [4.69, 9.17) is 11.6 Å². The lowest BCUT2D eigenvalue weighted by molar-refractivity contribution is 0.241. The van der Waals surface area contributed by atoms with Gasteiger partial charge in [0.1, 0.15) is 5.82 Å². The first-order valence-electron chi connectivity index (χ1n) is 7.65.